The van der Waals surface area contributed by atoms with Gasteiger partial charge in [0.15, 0.2) is 11.5 Å². The second-order valence-corrected chi connectivity index (χ2v) is 5.23. The van der Waals surface area contributed by atoms with E-state index in [4.69, 9.17) is 14.2 Å². The van der Waals surface area contributed by atoms with Crippen LogP contribution in [0.1, 0.15) is 15.9 Å². The van der Waals surface area contributed by atoms with Gasteiger partial charge in [0.2, 0.25) is 0 Å². The molecule has 2 aromatic carbocycles. The van der Waals surface area contributed by atoms with Crippen LogP contribution in [-0.2, 0) is 6.42 Å². The zero-order valence-corrected chi connectivity index (χ0v) is 11.9. The fourth-order valence-electron chi connectivity index (χ4n) is 2.65. The van der Waals surface area contributed by atoms with E-state index in [-0.39, 0.29) is 5.91 Å². The minimum atomic E-state index is -0.147. The molecule has 0 saturated carbocycles. The first-order valence-electron chi connectivity index (χ1n) is 7.26. The molecule has 0 unspecified atom stereocenters. The van der Waals surface area contributed by atoms with Gasteiger partial charge >= 0.3 is 0 Å². The summed E-state index contributed by atoms with van der Waals surface area (Å²) in [6, 6.07) is 10.9. The maximum absolute atomic E-state index is 12.4. The van der Waals surface area contributed by atoms with Crippen molar-refractivity contribution in [2.24, 2.45) is 0 Å². The molecule has 112 valence electrons. The third kappa shape index (κ3) is 2.35. The van der Waals surface area contributed by atoms with E-state index >= 15 is 0 Å². The largest absolute Gasteiger partial charge is 0.493 e. The van der Waals surface area contributed by atoms with Crippen molar-refractivity contribution in [1.29, 1.82) is 0 Å². The van der Waals surface area contributed by atoms with Gasteiger partial charge in [0, 0.05) is 23.7 Å². The number of ether oxygens (including phenoxy) is 3. The van der Waals surface area contributed by atoms with Gasteiger partial charge in [-0.2, -0.15) is 0 Å². The fraction of sp³-hybridized carbons (Fsp3) is 0.235. The number of rotatable bonds is 2. The number of hydrogen-bond donors (Lipinski definition) is 1. The van der Waals surface area contributed by atoms with Gasteiger partial charge in [0.05, 0.1) is 6.61 Å². The quantitative estimate of drug-likeness (QED) is 0.926. The lowest BCUT2D eigenvalue weighted by Crippen LogP contribution is -2.16. The summed E-state index contributed by atoms with van der Waals surface area (Å²) in [5, 5.41) is 2.88. The smallest absolute Gasteiger partial charge is 0.255 e. The normalized spacial score (nSPS) is 14.9. The second-order valence-electron chi connectivity index (χ2n) is 5.23. The van der Waals surface area contributed by atoms with E-state index in [0.29, 0.717) is 42.6 Å². The summed E-state index contributed by atoms with van der Waals surface area (Å²) in [6.07, 6.45) is 0.848. The van der Waals surface area contributed by atoms with Crippen LogP contribution >= 0.6 is 0 Å². The molecule has 22 heavy (non-hydrogen) atoms. The standard InChI is InChI=1S/C17H15NO4/c19-17(12-1-3-14-11(9-12)5-6-20-14)18-13-2-4-15-16(10-13)22-8-7-21-15/h1-4,9-10H,5-8H2,(H,18,19). The minimum absolute atomic E-state index is 0.147. The number of amides is 1. The van der Waals surface area contributed by atoms with Gasteiger partial charge < -0.3 is 19.5 Å². The van der Waals surface area contributed by atoms with Crippen LogP contribution in [0.2, 0.25) is 0 Å². The molecule has 5 heteroatoms. The van der Waals surface area contributed by atoms with Crippen molar-refractivity contribution in [2.75, 3.05) is 25.1 Å². The molecule has 2 aliphatic heterocycles. The van der Waals surface area contributed by atoms with Crippen molar-refractivity contribution in [3.63, 3.8) is 0 Å². The summed E-state index contributed by atoms with van der Waals surface area (Å²) in [4.78, 5) is 12.4. The van der Waals surface area contributed by atoms with Crippen LogP contribution in [0.4, 0.5) is 5.69 Å². The second kappa shape index (κ2) is 5.26. The Labute approximate surface area is 127 Å². The predicted octanol–water partition coefficient (Wildman–Crippen LogP) is 2.65. The summed E-state index contributed by atoms with van der Waals surface area (Å²) < 4.78 is 16.4. The zero-order chi connectivity index (χ0) is 14.9. The van der Waals surface area contributed by atoms with Gasteiger partial charge in [-0.25, -0.2) is 0 Å². The zero-order valence-electron chi connectivity index (χ0n) is 11.9. The molecule has 0 saturated heterocycles. The predicted molar refractivity (Wildman–Crippen MR) is 81.0 cm³/mol. The summed E-state index contributed by atoms with van der Waals surface area (Å²) in [5.41, 5.74) is 2.39. The first kappa shape index (κ1) is 13.0. The number of carbonyl (C=O) groups excluding carboxylic acids is 1. The van der Waals surface area contributed by atoms with E-state index < -0.39 is 0 Å². The molecule has 0 bridgehead atoms. The molecule has 4 rings (SSSR count). The Bertz CT molecular complexity index is 741. The molecule has 0 fully saturated rings. The lowest BCUT2D eigenvalue weighted by atomic mass is 10.1. The molecular formula is C17H15NO4. The molecular weight excluding hydrogens is 282 g/mol. The molecule has 2 aromatic rings. The van der Waals surface area contributed by atoms with Crippen molar-refractivity contribution in [2.45, 2.75) is 6.42 Å². The summed E-state index contributed by atoms with van der Waals surface area (Å²) in [7, 11) is 0. The monoisotopic (exact) mass is 297 g/mol. The lowest BCUT2D eigenvalue weighted by Gasteiger charge is -2.19. The van der Waals surface area contributed by atoms with E-state index in [1.807, 2.05) is 18.2 Å². The lowest BCUT2D eigenvalue weighted by molar-refractivity contribution is 0.102. The molecule has 2 aliphatic rings. The van der Waals surface area contributed by atoms with Crippen molar-refractivity contribution in [3.05, 3.63) is 47.5 Å². The van der Waals surface area contributed by atoms with Gasteiger partial charge in [-0.1, -0.05) is 0 Å². The summed E-state index contributed by atoms with van der Waals surface area (Å²) in [5.74, 6) is 2.09. The van der Waals surface area contributed by atoms with Gasteiger partial charge in [-0.15, -0.1) is 0 Å². The minimum Gasteiger partial charge on any atom is -0.493 e. The van der Waals surface area contributed by atoms with Crippen molar-refractivity contribution in [1.82, 2.24) is 0 Å². The Morgan fingerprint density at radius 2 is 1.64 bits per heavy atom. The number of fused-ring (bicyclic) bond motifs is 2. The molecule has 2 heterocycles. The van der Waals surface area contributed by atoms with Gasteiger partial charge in [0.25, 0.3) is 5.91 Å². The number of nitrogens with one attached hydrogen (secondary N) is 1. The maximum Gasteiger partial charge on any atom is 0.255 e. The number of benzene rings is 2. The van der Waals surface area contributed by atoms with Gasteiger partial charge in [-0.3, -0.25) is 4.79 Å². The average Bonchev–Trinajstić information content (AvgIpc) is 3.02. The number of hydrogen-bond acceptors (Lipinski definition) is 4. The van der Waals surface area contributed by atoms with Crippen LogP contribution in [0.15, 0.2) is 36.4 Å². The van der Waals surface area contributed by atoms with Crippen molar-refractivity contribution < 1.29 is 19.0 Å². The van der Waals surface area contributed by atoms with Gasteiger partial charge in [0.1, 0.15) is 19.0 Å². The molecule has 0 radical (unpaired) electrons. The maximum atomic E-state index is 12.4. The van der Waals surface area contributed by atoms with Crippen LogP contribution in [0.3, 0.4) is 0 Å². The highest BCUT2D eigenvalue weighted by atomic mass is 16.6. The fourth-order valence-corrected chi connectivity index (χ4v) is 2.65. The average molecular weight is 297 g/mol. The third-order valence-corrected chi connectivity index (χ3v) is 3.75. The van der Waals surface area contributed by atoms with Crippen LogP contribution in [0, 0.1) is 0 Å². The molecule has 1 N–H and O–H groups in total. The molecule has 5 nitrogen and oxygen atoms in total. The van der Waals surface area contributed by atoms with Crippen LogP contribution < -0.4 is 19.5 Å². The van der Waals surface area contributed by atoms with Crippen LogP contribution in [0.25, 0.3) is 0 Å². The summed E-state index contributed by atoms with van der Waals surface area (Å²) >= 11 is 0. The molecule has 0 atom stereocenters. The highest BCUT2D eigenvalue weighted by Crippen LogP contribution is 2.33. The van der Waals surface area contributed by atoms with Crippen molar-refractivity contribution in [3.8, 4) is 17.2 Å². The molecule has 0 spiro atoms. The van der Waals surface area contributed by atoms with Crippen LogP contribution in [-0.4, -0.2) is 25.7 Å². The highest BCUT2D eigenvalue weighted by Gasteiger charge is 2.16. The molecule has 0 aliphatic carbocycles. The molecule has 1 amide bonds. The van der Waals surface area contributed by atoms with Gasteiger partial charge in [-0.05, 0) is 35.9 Å². The third-order valence-electron chi connectivity index (χ3n) is 3.75. The Morgan fingerprint density at radius 3 is 2.55 bits per heavy atom. The topological polar surface area (TPSA) is 56.8 Å². The Hall–Kier alpha value is -2.69. The van der Waals surface area contributed by atoms with Crippen molar-refractivity contribution >= 4 is 11.6 Å². The SMILES string of the molecule is O=C(Nc1ccc2c(c1)OCCO2)c1ccc2c(c1)CCO2. The van der Waals surface area contributed by atoms with E-state index in [1.165, 1.54) is 0 Å². The first-order chi connectivity index (χ1) is 10.8. The Morgan fingerprint density at radius 1 is 0.864 bits per heavy atom. The van der Waals surface area contributed by atoms with E-state index in [2.05, 4.69) is 5.32 Å². The number of carbonyl (C=O) groups is 1. The summed E-state index contributed by atoms with van der Waals surface area (Å²) in [6.45, 7) is 1.76. The van der Waals surface area contributed by atoms with Crippen LogP contribution in [0.5, 0.6) is 17.2 Å². The van der Waals surface area contributed by atoms with E-state index in [0.717, 1.165) is 17.7 Å². The Balaban J connectivity index is 1.54. The Kier molecular flexibility index (Phi) is 3.11. The number of anilines is 1. The van der Waals surface area contributed by atoms with E-state index in [9.17, 15) is 4.79 Å². The van der Waals surface area contributed by atoms with E-state index in [1.54, 1.807) is 18.2 Å². The highest BCUT2D eigenvalue weighted by molar-refractivity contribution is 6.04. The molecule has 0 aromatic heterocycles. The first-order valence-corrected chi connectivity index (χ1v) is 7.26.